The number of benzene rings is 2. The van der Waals surface area contributed by atoms with E-state index in [1.165, 1.54) is 29.3 Å². The Kier molecular flexibility index (Phi) is 4.64. The molecule has 1 amide bonds. The van der Waals surface area contributed by atoms with Crippen molar-refractivity contribution < 1.29 is 18.3 Å². The van der Waals surface area contributed by atoms with Crippen molar-refractivity contribution in [1.29, 1.82) is 5.26 Å². The number of nitriles is 1. The summed E-state index contributed by atoms with van der Waals surface area (Å²) in [6.45, 7) is 1.99. The van der Waals surface area contributed by atoms with Crippen LogP contribution in [0.2, 0.25) is 0 Å². The number of rotatable bonds is 5. The highest BCUT2D eigenvalue weighted by molar-refractivity contribution is 5.90. The summed E-state index contributed by atoms with van der Waals surface area (Å²) in [5, 5.41) is 20.6. The second-order valence-electron chi connectivity index (χ2n) is 8.95. The smallest absolute Gasteiger partial charge is 0.414 e. The molecule has 0 radical (unpaired) electrons. The summed E-state index contributed by atoms with van der Waals surface area (Å²) in [6.07, 6.45) is 2.19. The Morgan fingerprint density at radius 3 is 2.68 bits per heavy atom. The zero-order valence-corrected chi connectivity index (χ0v) is 18.0. The Balaban J connectivity index is 1.23. The third kappa shape index (κ3) is 3.08. The largest absolute Gasteiger partial charge is 0.442 e. The average molecular weight is 462 g/mol. The Labute approximate surface area is 193 Å². The predicted molar refractivity (Wildman–Crippen MR) is 117 cm³/mol. The maximum absolute atomic E-state index is 15.1. The van der Waals surface area contributed by atoms with Gasteiger partial charge in [0.25, 0.3) is 0 Å². The number of nitrogens with one attached hydrogen (secondary N) is 1. The normalized spacial score (nSPS) is 27.4. The summed E-state index contributed by atoms with van der Waals surface area (Å²) < 4.78 is 37.1. The van der Waals surface area contributed by atoms with E-state index in [0.29, 0.717) is 36.4 Å². The van der Waals surface area contributed by atoms with E-state index in [9.17, 15) is 10.1 Å². The van der Waals surface area contributed by atoms with E-state index in [4.69, 9.17) is 4.74 Å². The van der Waals surface area contributed by atoms with Crippen molar-refractivity contribution in [3.63, 3.8) is 0 Å². The lowest BCUT2D eigenvalue weighted by atomic mass is 9.89. The lowest BCUT2D eigenvalue weighted by Gasteiger charge is -2.17. The first-order chi connectivity index (χ1) is 16.5. The number of ether oxygens (including phenoxy) is 1. The molecule has 10 heteroatoms. The molecule has 3 aliphatic rings. The summed E-state index contributed by atoms with van der Waals surface area (Å²) in [4.78, 5) is 13.7. The second-order valence-corrected chi connectivity index (χ2v) is 8.95. The number of hydrogen-bond acceptors (Lipinski definition) is 6. The Morgan fingerprint density at radius 2 is 2.00 bits per heavy atom. The monoisotopic (exact) mass is 462 g/mol. The second kappa shape index (κ2) is 7.60. The van der Waals surface area contributed by atoms with Crippen molar-refractivity contribution in [2.45, 2.75) is 18.1 Å². The molecule has 1 aliphatic carbocycles. The molecule has 3 fully saturated rings. The third-order valence-electron chi connectivity index (χ3n) is 7.19. The van der Waals surface area contributed by atoms with Gasteiger partial charge in [0, 0.05) is 42.2 Å². The van der Waals surface area contributed by atoms with E-state index in [0.717, 1.165) is 0 Å². The number of aromatic nitrogens is 3. The SMILES string of the molecule is N#CC1(c2ccc(-c3ccc(N4C[C@H](Cn5ccnn5)OC4=O)cc3F)cc2F)C2CNCC21. The first-order valence-electron chi connectivity index (χ1n) is 11.1. The van der Waals surface area contributed by atoms with Gasteiger partial charge in [-0.25, -0.2) is 18.3 Å². The minimum absolute atomic E-state index is 0.113. The summed E-state index contributed by atoms with van der Waals surface area (Å²) in [6, 6.07) is 11.2. The third-order valence-corrected chi connectivity index (χ3v) is 7.19. The van der Waals surface area contributed by atoms with Gasteiger partial charge >= 0.3 is 6.09 Å². The van der Waals surface area contributed by atoms with Crippen LogP contribution in [0.15, 0.2) is 48.8 Å². The highest BCUT2D eigenvalue weighted by atomic mass is 19.1. The van der Waals surface area contributed by atoms with E-state index >= 15 is 8.78 Å². The van der Waals surface area contributed by atoms with Gasteiger partial charge in [-0.1, -0.05) is 17.3 Å². The van der Waals surface area contributed by atoms with E-state index in [1.807, 2.05) is 0 Å². The first-order valence-corrected chi connectivity index (χ1v) is 11.1. The summed E-state index contributed by atoms with van der Waals surface area (Å²) >= 11 is 0. The van der Waals surface area contributed by atoms with Gasteiger partial charge in [0.1, 0.15) is 17.7 Å². The molecule has 2 saturated heterocycles. The molecule has 3 heterocycles. The fourth-order valence-corrected chi connectivity index (χ4v) is 5.46. The highest BCUT2D eigenvalue weighted by Gasteiger charge is 2.68. The number of nitrogens with zero attached hydrogens (tertiary/aromatic N) is 5. The van der Waals surface area contributed by atoms with Crippen LogP contribution in [0.3, 0.4) is 0 Å². The fourth-order valence-electron chi connectivity index (χ4n) is 5.46. The maximum Gasteiger partial charge on any atom is 0.414 e. The predicted octanol–water partition coefficient (Wildman–Crippen LogP) is 2.86. The Morgan fingerprint density at radius 1 is 1.18 bits per heavy atom. The van der Waals surface area contributed by atoms with Crippen molar-refractivity contribution in [2.24, 2.45) is 11.8 Å². The topological polar surface area (TPSA) is 96.1 Å². The van der Waals surface area contributed by atoms with Gasteiger partial charge in [-0.3, -0.25) is 4.90 Å². The summed E-state index contributed by atoms with van der Waals surface area (Å²) in [5.74, 6) is -0.861. The molecule has 8 nitrogen and oxygen atoms in total. The number of piperidine rings is 1. The van der Waals surface area contributed by atoms with Crippen LogP contribution in [-0.2, 0) is 16.7 Å². The van der Waals surface area contributed by atoms with Crippen molar-refractivity contribution in [3.05, 3.63) is 66.0 Å². The molecule has 34 heavy (non-hydrogen) atoms. The van der Waals surface area contributed by atoms with Crippen molar-refractivity contribution in [3.8, 4) is 17.2 Å². The molecular formula is C24H20F2N6O2. The number of amides is 1. The molecule has 3 aromatic rings. The molecule has 2 aromatic carbocycles. The van der Waals surface area contributed by atoms with Crippen LogP contribution >= 0.6 is 0 Å². The van der Waals surface area contributed by atoms with Gasteiger partial charge in [-0.2, -0.15) is 5.26 Å². The lowest BCUT2D eigenvalue weighted by molar-refractivity contribution is 0.129. The number of fused-ring (bicyclic) bond motifs is 1. The average Bonchev–Trinajstić information content (AvgIpc) is 3.35. The van der Waals surface area contributed by atoms with Crippen LogP contribution in [0.4, 0.5) is 19.3 Å². The van der Waals surface area contributed by atoms with E-state index < -0.39 is 29.2 Å². The van der Waals surface area contributed by atoms with E-state index in [-0.39, 0.29) is 23.9 Å². The van der Waals surface area contributed by atoms with Crippen LogP contribution in [0.1, 0.15) is 5.56 Å². The molecule has 1 N–H and O–H groups in total. The van der Waals surface area contributed by atoms with Crippen LogP contribution < -0.4 is 10.2 Å². The molecule has 172 valence electrons. The van der Waals surface area contributed by atoms with Gasteiger partial charge in [-0.15, -0.1) is 5.10 Å². The number of halogens is 2. The molecule has 2 unspecified atom stereocenters. The zero-order chi connectivity index (χ0) is 23.4. The highest BCUT2D eigenvalue weighted by Crippen LogP contribution is 2.61. The van der Waals surface area contributed by atoms with Crippen molar-refractivity contribution in [1.82, 2.24) is 20.3 Å². The van der Waals surface area contributed by atoms with Crippen LogP contribution in [-0.4, -0.2) is 46.8 Å². The molecule has 3 atom stereocenters. The number of carbonyl (C=O) groups is 1. The van der Waals surface area contributed by atoms with Gasteiger partial charge in [-0.05, 0) is 29.8 Å². The number of hydrogen-bond donors (Lipinski definition) is 1. The zero-order valence-electron chi connectivity index (χ0n) is 18.0. The maximum atomic E-state index is 15.1. The lowest BCUT2D eigenvalue weighted by Crippen LogP contribution is -2.26. The van der Waals surface area contributed by atoms with Crippen LogP contribution in [0.25, 0.3) is 11.1 Å². The molecule has 2 aliphatic heterocycles. The molecule has 0 bridgehead atoms. The minimum atomic E-state index is -0.796. The number of cyclic esters (lactones) is 1. The minimum Gasteiger partial charge on any atom is -0.442 e. The van der Waals surface area contributed by atoms with E-state index in [1.54, 1.807) is 29.1 Å². The van der Waals surface area contributed by atoms with Gasteiger partial charge < -0.3 is 10.1 Å². The molecule has 6 rings (SSSR count). The quantitative estimate of drug-likeness (QED) is 0.627. The number of carbonyl (C=O) groups excluding carboxylic acids is 1. The molecular weight excluding hydrogens is 442 g/mol. The molecule has 1 aromatic heterocycles. The molecule has 1 saturated carbocycles. The van der Waals surface area contributed by atoms with Gasteiger partial charge in [0.2, 0.25) is 0 Å². The first kappa shape index (κ1) is 20.7. The Hall–Kier alpha value is -3.84. The standard InChI is InChI=1S/C24H20F2N6O2/c25-21-8-15(32-12-16(34-23(32)33)11-31-6-5-29-30-31)2-3-17(21)14-1-4-18(22(26)7-14)24(13-27)19-9-28-10-20(19)24/h1-8,16,19-20,28H,9-12H2/t16-,19?,20?,24?/m0/s1. The summed E-state index contributed by atoms with van der Waals surface area (Å²) in [5.41, 5.74) is 0.520. The van der Waals surface area contributed by atoms with Crippen LogP contribution in [0.5, 0.6) is 0 Å². The summed E-state index contributed by atoms with van der Waals surface area (Å²) in [7, 11) is 0. The van der Waals surface area contributed by atoms with Crippen molar-refractivity contribution >= 4 is 11.8 Å². The van der Waals surface area contributed by atoms with Crippen molar-refractivity contribution in [2.75, 3.05) is 24.5 Å². The van der Waals surface area contributed by atoms with Gasteiger partial charge in [0.15, 0.2) is 0 Å². The van der Waals surface area contributed by atoms with Gasteiger partial charge in [0.05, 0.1) is 36.5 Å². The number of anilines is 1. The van der Waals surface area contributed by atoms with Crippen LogP contribution in [0, 0.1) is 34.8 Å². The van der Waals surface area contributed by atoms with E-state index in [2.05, 4.69) is 21.7 Å². The molecule has 0 spiro atoms. The Bertz CT molecular complexity index is 1310. The fraction of sp³-hybridized carbons (Fsp3) is 0.333.